The molecule has 4 heterocycles. The van der Waals surface area contributed by atoms with Gasteiger partial charge in [-0.25, -0.2) is 9.29 Å². The van der Waals surface area contributed by atoms with Gasteiger partial charge in [-0.1, -0.05) is 36.2 Å². The number of carbonyl (C=O) groups excluding carboxylic acids is 1. The molecule has 0 saturated carbocycles. The lowest BCUT2D eigenvalue weighted by Gasteiger charge is -2.34. The molecule has 0 unspecified atom stereocenters. The zero-order valence-corrected chi connectivity index (χ0v) is 21.5. The molecule has 1 aromatic carbocycles. The Morgan fingerprint density at radius 3 is 2.67 bits per heavy atom. The van der Waals surface area contributed by atoms with Crippen LogP contribution in [0.5, 0.6) is 0 Å². The largest absolute Gasteiger partial charge is 0.390 e. The number of aliphatic hydroxyl groups is 1. The summed E-state index contributed by atoms with van der Waals surface area (Å²) >= 11 is 1.74. The number of ether oxygens (including phenoxy) is 1. The summed E-state index contributed by atoms with van der Waals surface area (Å²) in [6.07, 6.45) is 2.40. The molecule has 3 aliphatic rings. The molecule has 194 valence electrons. The van der Waals surface area contributed by atoms with Gasteiger partial charge in [0.1, 0.15) is 11.5 Å². The molecule has 1 aromatic heterocycles. The number of carbonyl (C=O) groups is 1. The molecule has 2 saturated heterocycles. The van der Waals surface area contributed by atoms with Crippen LogP contribution in [-0.2, 0) is 17.7 Å². The maximum absolute atomic E-state index is 13.1. The Labute approximate surface area is 216 Å². The molecule has 1 amide bonds. The summed E-state index contributed by atoms with van der Waals surface area (Å²) in [6, 6.07) is 10.3. The molecule has 2 aromatic rings. The van der Waals surface area contributed by atoms with E-state index in [1.165, 1.54) is 11.1 Å². The van der Waals surface area contributed by atoms with Crippen LogP contribution in [0.4, 0.5) is 11.8 Å². The Bertz CT molecular complexity index is 1050. The van der Waals surface area contributed by atoms with E-state index in [1.54, 1.807) is 18.0 Å². The quantitative estimate of drug-likeness (QED) is 0.418. The number of piperazine rings is 1. The van der Waals surface area contributed by atoms with Crippen LogP contribution in [0.2, 0.25) is 0 Å². The van der Waals surface area contributed by atoms with Crippen LogP contribution in [-0.4, -0.2) is 108 Å². The fraction of sp³-hybridized carbons (Fsp3) is 0.560. The minimum absolute atomic E-state index is 0.169. The van der Waals surface area contributed by atoms with E-state index in [4.69, 9.17) is 4.74 Å². The van der Waals surface area contributed by atoms with Crippen LogP contribution in [0.3, 0.4) is 0 Å². The number of hydrogen-bond donors (Lipinski definition) is 3. The predicted molar refractivity (Wildman–Crippen MR) is 141 cm³/mol. The normalized spacial score (nSPS) is 19.9. The molecule has 1 atom stereocenters. The third-order valence-electron chi connectivity index (χ3n) is 6.89. The number of benzene rings is 1. The number of aliphatic hydroxyl groups excluding tert-OH is 1. The maximum atomic E-state index is 13.1. The molecule has 0 radical (unpaired) electrons. The second kappa shape index (κ2) is 11.7. The maximum Gasteiger partial charge on any atom is 0.270 e. The number of rotatable bonds is 9. The first-order chi connectivity index (χ1) is 17.6. The highest BCUT2D eigenvalue weighted by Gasteiger charge is 2.24. The van der Waals surface area contributed by atoms with E-state index >= 15 is 0 Å². The van der Waals surface area contributed by atoms with Crippen molar-refractivity contribution in [3.63, 3.8) is 0 Å². The zero-order valence-electron chi connectivity index (χ0n) is 20.7. The molecule has 0 bridgehead atoms. The smallest absolute Gasteiger partial charge is 0.270 e. The van der Waals surface area contributed by atoms with Gasteiger partial charge in [0.15, 0.2) is 0 Å². The first-order valence-electron chi connectivity index (χ1n) is 12.6. The minimum Gasteiger partial charge on any atom is -0.390 e. The van der Waals surface area contributed by atoms with E-state index in [0.29, 0.717) is 37.2 Å². The van der Waals surface area contributed by atoms with Crippen molar-refractivity contribution >= 4 is 29.6 Å². The fourth-order valence-corrected chi connectivity index (χ4v) is 5.27. The number of fused-ring (bicyclic) bond motifs is 1. The fourth-order valence-electron chi connectivity index (χ4n) is 4.74. The number of β-amino-alcohol motifs (C(OH)–C–C–N with tert-alkyl or cyclic N) is 1. The van der Waals surface area contributed by atoms with Crippen molar-refractivity contribution in [1.29, 1.82) is 0 Å². The molecule has 5 rings (SSSR count). The van der Waals surface area contributed by atoms with Crippen molar-refractivity contribution in [2.24, 2.45) is 0 Å². The van der Waals surface area contributed by atoms with E-state index in [9.17, 15) is 9.90 Å². The average Bonchev–Trinajstić information content (AvgIpc) is 2.89. The second-order valence-corrected chi connectivity index (χ2v) is 10.4. The molecular weight excluding hydrogens is 478 g/mol. The van der Waals surface area contributed by atoms with Gasteiger partial charge in [-0.2, -0.15) is 4.98 Å². The third kappa shape index (κ3) is 6.27. The number of aromatic nitrogens is 2. The lowest BCUT2D eigenvalue weighted by Crippen LogP contribution is -2.45. The predicted octanol–water partition coefficient (Wildman–Crippen LogP) is 0.836. The van der Waals surface area contributed by atoms with Crippen molar-refractivity contribution < 1.29 is 14.6 Å². The van der Waals surface area contributed by atoms with Crippen molar-refractivity contribution in [2.75, 3.05) is 75.5 Å². The number of amides is 1. The third-order valence-corrected chi connectivity index (χ3v) is 7.78. The summed E-state index contributed by atoms with van der Waals surface area (Å²) in [5, 5.41) is 16.9. The minimum atomic E-state index is -0.662. The van der Waals surface area contributed by atoms with Gasteiger partial charge in [0.2, 0.25) is 5.95 Å². The summed E-state index contributed by atoms with van der Waals surface area (Å²) < 4.78 is 7.57. The zero-order chi connectivity index (χ0) is 24.9. The highest BCUT2D eigenvalue weighted by Crippen LogP contribution is 2.20. The first-order valence-corrected chi connectivity index (χ1v) is 13.8. The summed E-state index contributed by atoms with van der Waals surface area (Å²) in [5.41, 5.74) is 2.99. The molecule has 0 aliphatic carbocycles. The van der Waals surface area contributed by atoms with Crippen molar-refractivity contribution in [1.82, 2.24) is 24.5 Å². The molecule has 2 fully saturated rings. The van der Waals surface area contributed by atoms with Crippen LogP contribution < -0.4 is 15.5 Å². The Kier molecular flexibility index (Phi) is 8.22. The van der Waals surface area contributed by atoms with Gasteiger partial charge in [0.05, 0.1) is 25.4 Å². The lowest BCUT2D eigenvalue weighted by atomic mass is 10.00. The van der Waals surface area contributed by atoms with Gasteiger partial charge in [-0.3, -0.25) is 9.69 Å². The summed E-state index contributed by atoms with van der Waals surface area (Å²) in [6.45, 7) is 7.08. The molecule has 3 aliphatic heterocycles. The van der Waals surface area contributed by atoms with E-state index < -0.39 is 6.10 Å². The standard InChI is InChI=1S/C25H35N7O3S/c1-36-32-10-8-31(9-11-32)25-28-22(12-23(29-25)27-20-16-35-17-20)24(34)26-13-21(33)15-30-7-6-18-4-2-3-5-19(18)14-30/h2-5,12,20-21,33H,6-11,13-17H2,1H3,(H,26,34)(H,27,28,29)/t21-/m0/s1. The monoisotopic (exact) mass is 513 g/mol. The van der Waals surface area contributed by atoms with Gasteiger partial charge in [0, 0.05) is 58.4 Å². The topological polar surface area (TPSA) is 106 Å². The Hall–Kier alpha value is -2.44. The molecule has 3 N–H and O–H groups in total. The van der Waals surface area contributed by atoms with Gasteiger partial charge in [-0.15, -0.1) is 0 Å². The average molecular weight is 514 g/mol. The first kappa shape index (κ1) is 25.2. The van der Waals surface area contributed by atoms with Gasteiger partial charge < -0.3 is 25.4 Å². The molecule has 11 heteroatoms. The SMILES string of the molecule is CSN1CCN(c2nc(NC3COC3)cc(C(=O)NC[C@H](O)CN3CCc4ccccc4C3)n2)CC1. The lowest BCUT2D eigenvalue weighted by molar-refractivity contribution is 0.0209. The van der Waals surface area contributed by atoms with E-state index in [1.807, 2.05) is 0 Å². The molecule has 10 nitrogen and oxygen atoms in total. The Morgan fingerprint density at radius 2 is 1.94 bits per heavy atom. The van der Waals surface area contributed by atoms with Gasteiger partial charge in [0.25, 0.3) is 5.91 Å². The van der Waals surface area contributed by atoms with Crippen LogP contribution in [0, 0.1) is 0 Å². The van der Waals surface area contributed by atoms with E-state index in [2.05, 4.69) is 65.2 Å². The Morgan fingerprint density at radius 1 is 1.17 bits per heavy atom. The van der Waals surface area contributed by atoms with Crippen LogP contribution in [0.1, 0.15) is 21.6 Å². The van der Waals surface area contributed by atoms with Crippen LogP contribution in [0.15, 0.2) is 30.3 Å². The molecule has 36 heavy (non-hydrogen) atoms. The van der Waals surface area contributed by atoms with Crippen LogP contribution in [0.25, 0.3) is 0 Å². The van der Waals surface area contributed by atoms with E-state index in [-0.39, 0.29) is 18.5 Å². The van der Waals surface area contributed by atoms with E-state index in [0.717, 1.165) is 45.7 Å². The number of anilines is 2. The molecule has 0 spiro atoms. The number of hydrogen-bond acceptors (Lipinski definition) is 10. The highest BCUT2D eigenvalue weighted by molar-refractivity contribution is 7.96. The second-order valence-electron chi connectivity index (χ2n) is 9.53. The van der Waals surface area contributed by atoms with Gasteiger partial charge in [-0.05, 0) is 23.8 Å². The summed E-state index contributed by atoms with van der Waals surface area (Å²) in [4.78, 5) is 26.7. The van der Waals surface area contributed by atoms with Crippen molar-refractivity contribution in [2.45, 2.75) is 25.1 Å². The van der Waals surface area contributed by atoms with Crippen molar-refractivity contribution in [3.8, 4) is 0 Å². The summed E-state index contributed by atoms with van der Waals surface area (Å²) in [5.74, 6) is 0.870. The Balaban J connectivity index is 1.20. The number of nitrogens with zero attached hydrogens (tertiary/aromatic N) is 5. The number of nitrogens with one attached hydrogen (secondary N) is 2. The summed E-state index contributed by atoms with van der Waals surface area (Å²) in [7, 11) is 0. The molecular formula is C25H35N7O3S. The highest BCUT2D eigenvalue weighted by atomic mass is 32.2. The van der Waals surface area contributed by atoms with Gasteiger partial charge >= 0.3 is 0 Å². The van der Waals surface area contributed by atoms with Crippen LogP contribution >= 0.6 is 11.9 Å². The van der Waals surface area contributed by atoms with Crippen molar-refractivity contribution in [3.05, 3.63) is 47.2 Å².